The molecule has 2 N–H and O–H groups in total. The van der Waals surface area contributed by atoms with Gasteiger partial charge in [-0.25, -0.2) is 4.99 Å². The van der Waals surface area contributed by atoms with Crippen molar-refractivity contribution in [2.45, 2.75) is 40.7 Å². The van der Waals surface area contributed by atoms with Crippen LogP contribution < -0.4 is 15.4 Å². The number of ether oxygens (including phenoxy) is 1. The lowest BCUT2D eigenvalue weighted by Crippen LogP contribution is -2.38. The van der Waals surface area contributed by atoms with Gasteiger partial charge in [0.25, 0.3) is 5.91 Å². The van der Waals surface area contributed by atoms with Gasteiger partial charge in [-0.05, 0) is 69.0 Å². The molecule has 0 spiro atoms. The van der Waals surface area contributed by atoms with Crippen LogP contribution in [0.4, 0.5) is 0 Å². The predicted molar refractivity (Wildman–Crippen MR) is 143 cm³/mol. The minimum absolute atomic E-state index is 0. The molecule has 0 fully saturated rings. The van der Waals surface area contributed by atoms with Gasteiger partial charge in [0.2, 0.25) is 0 Å². The molecule has 0 aliphatic rings. The van der Waals surface area contributed by atoms with Crippen LogP contribution in [0.3, 0.4) is 0 Å². The molecule has 0 unspecified atom stereocenters. The lowest BCUT2D eigenvalue weighted by atomic mass is 10.1. The molecule has 0 aliphatic heterocycles. The highest BCUT2D eigenvalue weighted by Gasteiger charge is 2.11. The molecule has 0 aliphatic carbocycles. The van der Waals surface area contributed by atoms with Gasteiger partial charge in [-0.2, -0.15) is 0 Å². The highest BCUT2D eigenvalue weighted by Crippen LogP contribution is 2.19. The maximum atomic E-state index is 12.4. The molecule has 0 radical (unpaired) electrons. The number of halogens is 1. The monoisotopic (exact) mass is 552 g/mol. The minimum Gasteiger partial charge on any atom is -0.496 e. The zero-order chi connectivity index (χ0) is 22.6. The number of amides is 1. The van der Waals surface area contributed by atoms with Gasteiger partial charge in [-0.1, -0.05) is 24.3 Å². The van der Waals surface area contributed by atoms with Crippen molar-refractivity contribution in [1.29, 1.82) is 0 Å². The van der Waals surface area contributed by atoms with Gasteiger partial charge in [0.05, 0.1) is 13.7 Å². The average molecular weight is 553 g/mol. The second-order valence-electron chi connectivity index (χ2n) is 7.35. The first kappa shape index (κ1) is 27.7. The van der Waals surface area contributed by atoms with Crippen LogP contribution in [0.15, 0.2) is 47.5 Å². The van der Waals surface area contributed by atoms with Crippen molar-refractivity contribution in [3.05, 3.63) is 64.7 Å². The molecule has 2 aromatic carbocycles. The van der Waals surface area contributed by atoms with E-state index in [1.807, 2.05) is 49.9 Å². The smallest absolute Gasteiger partial charge is 0.253 e. The van der Waals surface area contributed by atoms with Crippen LogP contribution in [-0.4, -0.2) is 50.1 Å². The minimum atomic E-state index is 0. The Kier molecular flexibility index (Phi) is 12.8. The van der Waals surface area contributed by atoms with Crippen LogP contribution in [0.5, 0.6) is 5.75 Å². The first-order chi connectivity index (χ1) is 15.0. The molecule has 7 heteroatoms. The Balaban J connectivity index is 0.00000512. The SMILES string of the molecule is CCNC(=NCc1ccc(C(=O)N(CC)CC)cc1)NCCc1ccc(C)c(OC)c1.I. The first-order valence-corrected chi connectivity index (χ1v) is 11.1. The number of hydrogen-bond donors (Lipinski definition) is 2. The summed E-state index contributed by atoms with van der Waals surface area (Å²) in [6, 6.07) is 14.0. The molecule has 2 rings (SSSR count). The normalized spacial score (nSPS) is 10.8. The molecule has 0 atom stereocenters. The number of rotatable bonds is 10. The summed E-state index contributed by atoms with van der Waals surface area (Å²) in [6.45, 7) is 11.6. The fraction of sp³-hybridized carbons (Fsp3) is 0.440. The van der Waals surface area contributed by atoms with Crippen LogP contribution in [0.2, 0.25) is 0 Å². The van der Waals surface area contributed by atoms with E-state index in [2.05, 4.69) is 40.7 Å². The van der Waals surface area contributed by atoms with Crippen LogP contribution >= 0.6 is 24.0 Å². The molecule has 6 nitrogen and oxygen atoms in total. The molecule has 0 bridgehead atoms. The van der Waals surface area contributed by atoms with Crippen molar-refractivity contribution in [3.8, 4) is 5.75 Å². The number of methoxy groups -OCH3 is 1. The number of aliphatic imine (C=N–C) groups is 1. The molecule has 0 saturated heterocycles. The average Bonchev–Trinajstić information content (AvgIpc) is 2.79. The molecular weight excluding hydrogens is 515 g/mol. The Bertz CT molecular complexity index is 865. The van der Waals surface area contributed by atoms with Crippen molar-refractivity contribution >= 4 is 35.8 Å². The lowest BCUT2D eigenvalue weighted by molar-refractivity contribution is 0.0773. The predicted octanol–water partition coefficient (Wildman–Crippen LogP) is 4.40. The Morgan fingerprint density at radius 1 is 1.00 bits per heavy atom. The maximum Gasteiger partial charge on any atom is 0.253 e. The second kappa shape index (κ2) is 14.7. The van der Waals surface area contributed by atoms with Gasteiger partial charge in [0.1, 0.15) is 5.75 Å². The number of carbonyl (C=O) groups excluding carboxylic acids is 1. The zero-order valence-electron chi connectivity index (χ0n) is 19.9. The summed E-state index contributed by atoms with van der Waals surface area (Å²) in [5, 5.41) is 6.67. The maximum absolute atomic E-state index is 12.4. The third-order valence-corrected chi connectivity index (χ3v) is 5.19. The van der Waals surface area contributed by atoms with Crippen molar-refractivity contribution in [3.63, 3.8) is 0 Å². The fourth-order valence-corrected chi connectivity index (χ4v) is 3.30. The van der Waals surface area contributed by atoms with Crippen LogP contribution in [-0.2, 0) is 13.0 Å². The van der Waals surface area contributed by atoms with E-state index in [0.29, 0.717) is 19.6 Å². The van der Waals surface area contributed by atoms with Crippen molar-refractivity contribution < 1.29 is 9.53 Å². The first-order valence-electron chi connectivity index (χ1n) is 11.1. The van der Waals surface area contributed by atoms with Crippen molar-refractivity contribution in [2.24, 2.45) is 4.99 Å². The zero-order valence-corrected chi connectivity index (χ0v) is 22.2. The summed E-state index contributed by atoms with van der Waals surface area (Å²) >= 11 is 0. The highest BCUT2D eigenvalue weighted by molar-refractivity contribution is 14.0. The van der Waals surface area contributed by atoms with Gasteiger partial charge >= 0.3 is 0 Å². The van der Waals surface area contributed by atoms with Gasteiger partial charge < -0.3 is 20.3 Å². The Morgan fingerprint density at radius 3 is 2.25 bits per heavy atom. The van der Waals surface area contributed by atoms with Gasteiger partial charge in [0, 0.05) is 31.7 Å². The third kappa shape index (κ3) is 8.33. The van der Waals surface area contributed by atoms with Crippen LogP contribution in [0, 0.1) is 6.92 Å². The number of carbonyl (C=O) groups is 1. The summed E-state index contributed by atoms with van der Waals surface area (Å²) in [6.07, 6.45) is 0.878. The van der Waals surface area contributed by atoms with E-state index in [4.69, 9.17) is 4.74 Å². The highest BCUT2D eigenvalue weighted by atomic mass is 127. The van der Waals surface area contributed by atoms with E-state index in [1.165, 1.54) is 5.56 Å². The Labute approximate surface area is 209 Å². The number of guanidine groups is 1. The summed E-state index contributed by atoms with van der Waals surface area (Å²) in [5.41, 5.74) is 4.14. The molecule has 1 amide bonds. The molecular formula is C25H37IN4O2. The van der Waals surface area contributed by atoms with Crippen molar-refractivity contribution in [2.75, 3.05) is 33.3 Å². The van der Waals surface area contributed by atoms with Gasteiger partial charge in [0.15, 0.2) is 5.96 Å². The summed E-state index contributed by atoms with van der Waals surface area (Å²) in [7, 11) is 1.70. The Hall–Kier alpha value is -2.29. The number of benzene rings is 2. The van der Waals surface area contributed by atoms with Gasteiger partial charge in [-0.3, -0.25) is 4.79 Å². The van der Waals surface area contributed by atoms with Crippen LogP contribution in [0.25, 0.3) is 0 Å². The third-order valence-electron chi connectivity index (χ3n) is 5.19. The second-order valence-corrected chi connectivity index (χ2v) is 7.35. The fourth-order valence-electron chi connectivity index (χ4n) is 3.30. The summed E-state index contributed by atoms with van der Waals surface area (Å²) in [4.78, 5) is 18.9. The number of hydrogen-bond acceptors (Lipinski definition) is 3. The molecule has 176 valence electrons. The quantitative estimate of drug-likeness (QED) is 0.261. The van der Waals surface area contributed by atoms with E-state index in [-0.39, 0.29) is 29.9 Å². The molecule has 0 saturated carbocycles. The standard InChI is InChI=1S/C25H36N4O2.HI/c1-6-26-25(27-16-15-20-10-9-19(4)23(17-20)31-5)28-18-21-11-13-22(14-12-21)24(30)29(7-2)8-3;/h9-14,17H,6-8,15-16,18H2,1-5H3,(H2,26,27,28);1H. The van der Waals surface area contributed by atoms with Gasteiger partial charge in [-0.15, -0.1) is 24.0 Å². The number of aryl methyl sites for hydroxylation is 1. The molecule has 2 aromatic rings. The Morgan fingerprint density at radius 2 is 1.66 bits per heavy atom. The van der Waals surface area contributed by atoms with E-state index in [0.717, 1.165) is 47.9 Å². The number of nitrogens with zero attached hydrogens (tertiary/aromatic N) is 2. The number of nitrogens with one attached hydrogen (secondary N) is 2. The van der Waals surface area contributed by atoms with E-state index in [9.17, 15) is 4.79 Å². The van der Waals surface area contributed by atoms with Crippen molar-refractivity contribution in [1.82, 2.24) is 15.5 Å². The summed E-state index contributed by atoms with van der Waals surface area (Å²) in [5.74, 6) is 1.77. The molecule has 32 heavy (non-hydrogen) atoms. The van der Waals surface area contributed by atoms with Crippen LogP contribution in [0.1, 0.15) is 47.8 Å². The van der Waals surface area contributed by atoms with E-state index < -0.39 is 0 Å². The largest absolute Gasteiger partial charge is 0.496 e. The lowest BCUT2D eigenvalue weighted by Gasteiger charge is -2.18. The molecule has 0 heterocycles. The van der Waals surface area contributed by atoms with E-state index >= 15 is 0 Å². The molecule has 0 aromatic heterocycles. The summed E-state index contributed by atoms with van der Waals surface area (Å²) < 4.78 is 5.41. The van der Waals surface area contributed by atoms with E-state index in [1.54, 1.807) is 7.11 Å². The topological polar surface area (TPSA) is 66.0 Å².